The molecule has 0 unspecified atom stereocenters. The van der Waals surface area contributed by atoms with Crippen LogP contribution in [-0.2, 0) is 24.0 Å². The predicted molar refractivity (Wildman–Crippen MR) is 153 cm³/mol. The van der Waals surface area contributed by atoms with Crippen molar-refractivity contribution in [3.05, 3.63) is 0 Å². The fourth-order valence-corrected chi connectivity index (χ4v) is 5.22. The van der Waals surface area contributed by atoms with E-state index in [2.05, 4.69) is 15.6 Å². The maximum atomic E-state index is 13.7. The second-order valence-electron chi connectivity index (χ2n) is 11.4. The Hall–Kier alpha value is -3.42. The number of carboxylic acids is 1. The first-order chi connectivity index (χ1) is 19.3. The molecule has 14 nitrogen and oxygen atoms in total. The molecule has 2 aliphatic heterocycles. The molecule has 2 fully saturated rings. The number of carboxylic acid groups (broad SMARTS) is 1. The number of nitrogens with zero attached hydrogens (tertiary/aromatic N) is 3. The van der Waals surface area contributed by atoms with Crippen LogP contribution in [0.2, 0.25) is 0 Å². The number of likely N-dealkylation sites (tertiary alicyclic amines) is 2. The molecule has 0 aromatic carbocycles. The van der Waals surface area contributed by atoms with Gasteiger partial charge in [-0.15, -0.1) is 0 Å². The summed E-state index contributed by atoms with van der Waals surface area (Å²) in [5.41, 5.74) is 16.6. The van der Waals surface area contributed by atoms with Crippen molar-refractivity contribution in [1.29, 1.82) is 0 Å². The maximum Gasteiger partial charge on any atom is 0.326 e. The highest BCUT2D eigenvalue weighted by Gasteiger charge is 2.44. The minimum Gasteiger partial charge on any atom is -0.480 e. The van der Waals surface area contributed by atoms with E-state index in [4.69, 9.17) is 17.2 Å². The summed E-state index contributed by atoms with van der Waals surface area (Å²) in [6, 6.07) is -4.37. The molecule has 0 spiro atoms. The van der Waals surface area contributed by atoms with Crippen LogP contribution in [0.4, 0.5) is 0 Å². The van der Waals surface area contributed by atoms with Gasteiger partial charge in [0.05, 0.1) is 6.04 Å². The van der Waals surface area contributed by atoms with Gasteiger partial charge in [0.2, 0.25) is 23.6 Å². The standard InChI is InChI=1S/C27H48N8O6/c1-5-16(4)21(33-23(37)20(28)15(2)3)25(39)35-14-8-11-19(35)24(38)34-13-7-10-18(34)22(36)32-17(26(40)41)9-6-12-31-27(29)30/h15-21H,5-14,28H2,1-4H3,(H,32,36)(H,33,37)(H,40,41)(H4,29,30,31)/t16-,17-,18-,19-,20-,21-/m0/s1. The summed E-state index contributed by atoms with van der Waals surface area (Å²) in [7, 11) is 0. The van der Waals surface area contributed by atoms with E-state index in [1.165, 1.54) is 9.80 Å². The molecule has 9 N–H and O–H groups in total. The van der Waals surface area contributed by atoms with Gasteiger partial charge in [0.15, 0.2) is 5.96 Å². The first-order valence-electron chi connectivity index (χ1n) is 14.6. The Kier molecular flexibility index (Phi) is 12.8. The molecule has 6 atom stereocenters. The summed E-state index contributed by atoms with van der Waals surface area (Å²) < 4.78 is 0. The fourth-order valence-electron chi connectivity index (χ4n) is 5.22. The Labute approximate surface area is 241 Å². The normalized spacial score (nSPS) is 21.6. The number of hydrogen-bond acceptors (Lipinski definition) is 7. The predicted octanol–water partition coefficient (Wildman–Crippen LogP) is -0.894. The van der Waals surface area contributed by atoms with E-state index in [0.717, 1.165) is 0 Å². The van der Waals surface area contributed by atoms with Crippen molar-refractivity contribution in [2.75, 3.05) is 19.6 Å². The van der Waals surface area contributed by atoms with Crippen LogP contribution in [0.25, 0.3) is 0 Å². The Morgan fingerprint density at radius 2 is 1.59 bits per heavy atom. The molecule has 0 saturated carbocycles. The Balaban J connectivity index is 2.14. The van der Waals surface area contributed by atoms with Gasteiger partial charge in [-0.3, -0.25) is 24.2 Å². The molecule has 232 valence electrons. The first kappa shape index (κ1) is 33.8. The van der Waals surface area contributed by atoms with Gasteiger partial charge in [-0.05, 0) is 50.4 Å². The zero-order valence-corrected chi connectivity index (χ0v) is 24.7. The molecular formula is C27H48N8O6. The largest absolute Gasteiger partial charge is 0.480 e. The van der Waals surface area contributed by atoms with Crippen molar-refractivity contribution in [2.45, 2.75) is 103 Å². The van der Waals surface area contributed by atoms with Gasteiger partial charge in [0.25, 0.3) is 0 Å². The summed E-state index contributed by atoms with van der Waals surface area (Å²) in [4.78, 5) is 71.9. The molecular weight excluding hydrogens is 532 g/mol. The number of carbonyl (C=O) groups excluding carboxylic acids is 4. The second-order valence-corrected chi connectivity index (χ2v) is 11.4. The lowest BCUT2D eigenvalue weighted by molar-refractivity contribution is -0.149. The number of guanidine groups is 1. The van der Waals surface area contributed by atoms with Crippen LogP contribution in [0.15, 0.2) is 4.99 Å². The molecule has 0 bridgehead atoms. The second kappa shape index (κ2) is 15.5. The third-order valence-electron chi connectivity index (χ3n) is 8.02. The Morgan fingerprint density at radius 3 is 2.15 bits per heavy atom. The highest BCUT2D eigenvalue weighted by molar-refractivity contribution is 5.96. The third kappa shape index (κ3) is 9.03. The van der Waals surface area contributed by atoms with Gasteiger partial charge in [0, 0.05) is 19.6 Å². The average Bonchev–Trinajstić information content (AvgIpc) is 3.61. The van der Waals surface area contributed by atoms with Gasteiger partial charge in [-0.1, -0.05) is 34.1 Å². The minimum atomic E-state index is -1.19. The lowest BCUT2D eigenvalue weighted by Gasteiger charge is -2.34. The number of rotatable bonds is 14. The number of hydrogen-bond donors (Lipinski definition) is 6. The molecule has 2 heterocycles. The van der Waals surface area contributed by atoms with Crippen LogP contribution in [-0.4, -0.2) is 100 Å². The first-order valence-corrected chi connectivity index (χ1v) is 14.6. The number of amides is 4. The number of aliphatic imine (C=N–C) groups is 1. The Morgan fingerprint density at radius 1 is 0.976 bits per heavy atom. The highest BCUT2D eigenvalue weighted by Crippen LogP contribution is 2.27. The average molecular weight is 581 g/mol. The monoisotopic (exact) mass is 580 g/mol. The lowest BCUT2D eigenvalue weighted by atomic mass is 9.96. The highest BCUT2D eigenvalue weighted by atomic mass is 16.4. The summed E-state index contributed by atoms with van der Waals surface area (Å²) in [6.45, 7) is 8.35. The van der Waals surface area contributed by atoms with Crippen molar-refractivity contribution in [3.8, 4) is 0 Å². The number of nitrogens with two attached hydrogens (primary N) is 3. The van der Waals surface area contributed by atoms with Crippen molar-refractivity contribution in [2.24, 2.45) is 34.0 Å². The zero-order valence-electron chi connectivity index (χ0n) is 24.7. The quantitative estimate of drug-likeness (QED) is 0.0849. The molecule has 14 heteroatoms. The van der Waals surface area contributed by atoms with Gasteiger partial charge < -0.3 is 42.7 Å². The molecule has 0 aromatic rings. The van der Waals surface area contributed by atoms with Crippen LogP contribution in [0, 0.1) is 11.8 Å². The van der Waals surface area contributed by atoms with E-state index in [1.807, 2.05) is 27.7 Å². The molecule has 2 saturated heterocycles. The van der Waals surface area contributed by atoms with Crippen LogP contribution in [0.3, 0.4) is 0 Å². The molecule has 4 amide bonds. The van der Waals surface area contributed by atoms with Crippen LogP contribution in [0.5, 0.6) is 0 Å². The minimum absolute atomic E-state index is 0.0996. The van der Waals surface area contributed by atoms with E-state index in [0.29, 0.717) is 51.6 Å². The molecule has 2 aliphatic rings. The molecule has 2 rings (SSSR count). The Bertz CT molecular complexity index is 985. The summed E-state index contributed by atoms with van der Waals surface area (Å²) in [5.74, 6) is -3.24. The number of carbonyl (C=O) groups is 5. The number of aliphatic carboxylic acids is 1. The van der Waals surface area contributed by atoms with E-state index in [9.17, 15) is 29.1 Å². The van der Waals surface area contributed by atoms with Crippen LogP contribution < -0.4 is 27.8 Å². The third-order valence-corrected chi connectivity index (χ3v) is 8.02. The van der Waals surface area contributed by atoms with E-state index >= 15 is 0 Å². The summed E-state index contributed by atoms with van der Waals surface area (Å²) in [6.07, 6.45) is 3.10. The fraction of sp³-hybridized carbons (Fsp3) is 0.778. The van der Waals surface area contributed by atoms with E-state index in [1.54, 1.807) is 0 Å². The van der Waals surface area contributed by atoms with Gasteiger partial charge in [-0.2, -0.15) is 0 Å². The smallest absolute Gasteiger partial charge is 0.326 e. The van der Waals surface area contributed by atoms with Crippen molar-refractivity contribution in [3.63, 3.8) is 0 Å². The van der Waals surface area contributed by atoms with Crippen LogP contribution in [0.1, 0.15) is 72.6 Å². The maximum absolute atomic E-state index is 13.7. The van der Waals surface area contributed by atoms with E-state index in [-0.39, 0.29) is 42.6 Å². The topological polar surface area (TPSA) is 227 Å². The zero-order chi connectivity index (χ0) is 30.9. The lowest BCUT2D eigenvalue weighted by Crippen LogP contribution is -2.59. The van der Waals surface area contributed by atoms with Crippen molar-refractivity contribution < 1.29 is 29.1 Å². The SMILES string of the molecule is CC[C@H](C)[C@H](NC(=O)[C@@H](N)C(C)C)C(=O)N1CCC[C@H]1C(=O)N1CCC[C@H]1C(=O)N[C@@H](CCCN=C(N)N)C(=O)O. The van der Waals surface area contributed by atoms with Crippen LogP contribution >= 0.6 is 0 Å². The number of nitrogens with one attached hydrogen (secondary N) is 2. The van der Waals surface area contributed by atoms with E-state index < -0.39 is 48.0 Å². The van der Waals surface area contributed by atoms with Crippen molar-refractivity contribution in [1.82, 2.24) is 20.4 Å². The van der Waals surface area contributed by atoms with Gasteiger partial charge in [-0.25, -0.2) is 4.79 Å². The molecule has 41 heavy (non-hydrogen) atoms. The van der Waals surface area contributed by atoms with Gasteiger partial charge >= 0.3 is 5.97 Å². The van der Waals surface area contributed by atoms with Gasteiger partial charge in [0.1, 0.15) is 24.2 Å². The van der Waals surface area contributed by atoms with Crippen molar-refractivity contribution >= 4 is 35.6 Å². The molecule has 0 aromatic heterocycles. The molecule has 0 radical (unpaired) electrons. The summed E-state index contributed by atoms with van der Waals surface area (Å²) >= 11 is 0. The summed E-state index contributed by atoms with van der Waals surface area (Å²) in [5, 5.41) is 15.0. The molecule has 0 aliphatic carbocycles.